The van der Waals surface area contributed by atoms with Crippen molar-refractivity contribution in [1.29, 1.82) is 0 Å². The van der Waals surface area contributed by atoms with E-state index >= 15 is 0 Å². The number of benzene rings is 1. The van der Waals surface area contributed by atoms with Gasteiger partial charge in [-0.05, 0) is 31.5 Å². The monoisotopic (exact) mass is 257 g/mol. The average molecular weight is 258 g/mol. The molecule has 4 nitrogen and oxygen atoms in total. The molecule has 0 aliphatic rings. The third-order valence-electron chi connectivity index (χ3n) is 2.26. The molecule has 0 saturated heterocycles. The first-order valence-electron chi connectivity index (χ1n) is 5.23. The van der Waals surface area contributed by atoms with Gasteiger partial charge >= 0.3 is 0 Å². The van der Waals surface area contributed by atoms with Crippen molar-refractivity contribution in [3.63, 3.8) is 0 Å². The highest BCUT2D eigenvalue weighted by molar-refractivity contribution is 6.31. The number of phenolic OH excluding ortho intramolecular Hbond substituents is 1. The minimum atomic E-state index is -0.652. The third-order valence-corrected chi connectivity index (χ3v) is 2.61. The molecular weight excluding hydrogens is 242 g/mol. The Morgan fingerprint density at radius 3 is 2.65 bits per heavy atom. The first kappa shape index (κ1) is 13.8. The van der Waals surface area contributed by atoms with E-state index < -0.39 is 5.54 Å². The number of hydrogen-bond acceptors (Lipinski definition) is 3. The van der Waals surface area contributed by atoms with Gasteiger partial charge in [0, 0.05) is 5.02 Å². The molecule has 0 radical (unpaired) electrons. The van der Waals surface area contributed by atoms with Crippen LogP contribution in [0.4, 0.5) is 0 Å². The first-order valence-corrected chi connectivity index (χ1v) is 5.61. The molecule has 17 heavy (non-hydrogen) atoms. The van der Waals surface area contributed by atoms with Crippen LogP contribution < -0.4 is 5.32 Å². The quantitative estimate of drug-likeness (QED) is 0.765. The van der Waals surface area contributed by atoms with Crippen molar-refractivity contribution in [2.45, 2.75) is 25.8 Å². The number of amides is 1. The largest absolute Gasteiger partial charge is 0.508 e. The van der Waals surface area contributed by atoms with Crippen LogP contribution in [-0.2, 0) is 11.2 Å². The van der Waals surface area contributed by atoms with Crippen molar-refractivity contribution in [2.75, 3.05) is 6.61 Å². The number of aliphatic hydroxyl groups excluding tert-OH is 1. The van der Waals surface area contributed by atoms with E-state index in [0.717, 1.165) is 0 Å². The highest BCUT2D eigenvalue weighted by Crippen LogP contribution is 2.22. The third kappa shape index (κ3) is 4.24. The topological polar surface area (TPSA) is 69.6 Å². The predicted octanol–water partition coefficient (Wildman–Crippen LogP) is 1.48. The molecule has 0 aliphatic heterocycles. The molecule has 1 amide bonds. The number of aromatic hydroxyl groups is 1. The van der Waals surface area contributed by atoms with Crippen molar-refractivity contribution in [3.05, 3.63) is 28.8 Å². The van der Waals surface area contributed by atoms with Gasteiger partial charge in [0.25, 0.3) is 0 Å². The van der Waals surface area contributed by atoms with Gasteiger partial charge in [0.05, 0.1) is 18.6 Å². The van der Waals surface area contributed by atoms with E-state index in [1.165, 1.54) is 12.1 Å². The van der Waals surface area contributed by atoms with Crippen LogP contribution in [0.2, 0.25) is 5.02 Å². The fourth-order valence-corrected chi connectivity index (χ4v) is 1.56. The fourth-order valence-electron chi connectivity index (χ4n) is 1.31. The van der Waals surface area contributed by atoms with Crippen LogP contribution in [0.5, 0.6) is 5.75 Å². The molecule has 3 N–H and O–H groups in total. The molecule has 0 aliphatic carbocycles. The van der Waals surface area contributed by atoms with Crippen molar-refractivity contribution < 1.29 is 15.0 Å². The Morgan fingerprint density at radius 1 is 1.47 bits per heavy atom. The Morgan fingerprint density at radius 2 is 2.12 bits per heavy atom. The molecule has 94 valence electrons. The summed E-state index contributed by atoms with van der Waals surface area (Å²) < 4.78 is 0. The summed E-state index contributed by atoms with van der Waals surface area (Å²) in [6.07, 6.45) is 0.114. The summed E-state index contributed by atoms with van der Waals surface area (Å²) in [7, 11) is 0. The number of phenols is 1. The highest BCUT2D eigenvalue weighted by Gasteiger charge is 2.19. The molecule has 1 aromatic rings. The molecule has 1 rings (SSSR count). The lowest BCUT2D eigenvalue weighted by molar-refractivity contribution is -0.122. The Bertz CT molecular complexity index is 418. The van der Waals surface area contributed by atoms with Crippen molar-refractivity contribution in [3.8, 4) is 5.75 Å². The van der Waals surface area contributed by atoms with Crippen LogP contribution in [0.15, 0.2) is 18.2 Å². The van der Waals surface area contributed by atoms with Gasteiger partial charge in [0.15, 0.2) is 0 Å². The number of carbonyl (C=O) groups excluding carboxylic acids is 1. The minimum absolute atomic E-state index is 0.0647. The van der Waals surface area contributed by atoms with E-state index in [1.54, 1.807) is 19.9 Å². The Kier molecular flexibility index (Phi) is 4.37. The SMILES string of the molecule is CC(C)(CO)NC(=O)Cc1ccc(O)cc1Cl. The van der Waals surface area contributed by atoms with E-state index in [1.807, 2.05) is 0 Å². The van der Waals surface area contributed by atoms with E-state index in [-0.39, 0.29) is 24.7 Å². The van der Waals surface area contributed by atoms with E-state index in [9.17, 15) is 9.90 Å². The molecule has 0 bridgehead atoms. The maximum Gasteiger partial charge on any atom is 0.224 e. The number of nitrogens with one attached hydrogen (secondary N) is 1. The summed E-state index contributed by atoms with van der Waals surface area (Å²) in [6, 6.07) is 4.47. The van der Waals surface area contributed by atoms with Crippen LogP contribution in [0.3, 0.4) is 0 Å². The maximum atomic E-state index is 11.7. The van der Waals surface area contributed by atoms with Gasteiger partial charge in [-0.2, -0.15) is 0 Å². The molecule has 1 aromatic carbocycles. The summed E-state index contributed by atoms with van der Waals surface area (Å²) in [5, 5.41) is 21.2. The second-order valence-corrected chi connectivity index (χ2v) is 4.95. The minimum Gasteiger partial charge on any atom is -0.508 e. The van der Waals surface area contributed by atoms with Crippen molar-refractivity contribution >= 4 is 17.5 Å². The lowest BCUT2D eigenvalue weighted by Crippen LogP contribution is -2.46. The number of halogens is 1. The molecule has 0 heterocycles. The Labute approximate surface area is 105 Å². The first-order chi connectivity index (χ1) is 7.84. The second-order valence-electron chi connectivity index (χ2n) is 4.54. The van der Waals surface area contributed by atoms with Gasteiger partial charge < -0.3 is 15.5 Å². The smallest absolute Gasteiger partial charge is 0.224 e. The van der Waals surface area contributed by atoms with Gasteiger partial charge in [0.2, 0.25) is 5.91 Å². The lowest BCUT2D eigenvalue weighted by Gasteiger charge is -2.23. The summed E-state index contributed by atoms with van der Waals surface area (Å²) in [4.78, 5) is 11.7. The van der Waals surface area contributed by atoms with Crippen molar-refractivity contribution in [2.24, 2.45) is 0 Å². The van der Waals surface area contributed by atoms with Gasteiger partial charge in [-0.3, -0.25) is 4.79 Å². The maximum absolute atomic E-state index is 11.7. The lowest BCUT2D eigenvalue weighted by atomic mass is 10.1. The summed E-state index contributed by atoms with van der Waals surface area (Å²) in [6.45, 7) is 3.31. The zero-order chi connectivity index (χ0) is 13.1. The fraction of sp³-hybridized carbons (Fsp3) is 0.417. The van der Waals surface area contributed by atoms with Crippen LogP contribution >= 0.6 is 11.6 Å². The highest BCUT2D eigenvalue weighted by atomic mass is 35.5. The standard InChI is InChI=1S/C12H16ClNO3/c1-12(2,7-15)14-11(17)5-8-3-4-9(16)6-10(8)13/h3-4,6,15-16H,5,7H2,1-2H3,(H,14,17). The number of aliphatic hydroxyl groups is 1. The van der Waals surface area contributed by atoms with E-state index in [0.29, 0.717) is 10.6 Å². The molecule has 0 atom stereocenters. The predicted molar refractivity (Wildman–Crippen MR) is 66.1 cm³/mol. The van der Waals surface area contributed by atoms with Crippen molar-refractivity contribution in [1.82, 2.24) is 5.32 Å². The molecular formula is C12H16ClNO3. The number of hydrogen-bond donors (Lipinski definition) is 3. The molecule has 5 heteroatoms. The summed E-state index contributed by atoms with van der Waals surface area (Å²) in [5.74, 6) is -0.161. The zero-order valence-electron chi connectivity index (χ0n) is 9.83. The zero-order valence-corrected chi connectivity index (χ0v) is 10.6. The molecule has 0 saturated carbocycles. The van der Waals surface area contributed by atoms with Gasteiger partial charge in [-0.25, -0.2) is 0 Å². The van der Waals surface area contributed by atoms with E-state index in [4.69, 9.17) is 16.7 Å². The molecule has 0 fully saturated rings. The van der Waals surface area contributed by atoms with Gasteiger partial charge in [0.1, 0.15) is 5.75 Å². The van der Waals surface area contributed by atoms with Crippen LogP contribution in [0.25, 0.3) is 0 Å². The molecule has 0 aromatic heterocycles. The van der Waals surface area contributed by atoms with Crippen LogP contribution in [0.1, 0.15) is 19.4 Å². The normalized spacial score (nSPS) is 11.3. The average Bonchev–Trinajstić information content (AvgIpc) is 2.21. The Hall–Kier alpha value is -1.26. The Balaban J connectivity index is 2.69. The second kappa shape index (κ2) is 5.38. The van der Waals surface area contributed by atoms with E-state index in [2.05, 4.69) is 5.32 Å². The van der Waals surface area contributed by atoms with Gasteiger partial charge in [-0.1, -0.05) is 17.7 Å². The molecule has 0 unspecified atom stereocenters. The number of rotatable bonds is 4. The summed E-state index contributed by atoms with van der Waals surface area (Å²) >= 11 is 5.89. The molecule has 0 spiro atoms. The van der Waals surface area contributed by atoms with Crippen LogP contribution in [0, 0.1) is 0 Å². The summed E-state index contributed by atoms with van der Waals surface area (Å²) in [5.41, 5.74) is -0.0174. The van der Waals surface area contributed by atoms with Crippen LogP contribution in [-0.4, -0.2) is 28.3 Å². The number of carbonyl (C=O) groups is 1. The van der Waals surface area contributed by atoms with Gasteiger partial charge in [-0.15, -0.1) is 0 Å².